The summed E-state index contributed by atoms with van der Waals surface area (Å²) in [5.74, 6) is -1.21. The number of phenolic OH excluding ortho intramolecular Hbond substituents is 3. The zero-order chi connectivity index (χ0) is 17.1. The largest absolute Gasteiger partial charge is 0.507 e. The molecule has 0 fully saturated rings. The molecule has 0 aliphatic rings. The van der Waals surface area contributed by atoms with Gasteiger partial charge in [-0.05, 0) is 46.7 Å². The molecule has 0 spiro atoms. The van der Waals surface area contributed by atoms with Gasteiger partial charge in [0, 0.05) is 0 Å². The maximum absolute atomic E-state index is 12.1. The summed E-state index contributed by atoms with van der Waals surface area (Å²) >= 11 is 0. The van der Waals surface area contributed by atoms with E-state index in [9.17, 15) is 20.1 Å². The minimum atomic E-state index is -0.558. The van der Waals surface area contributed by atoms with Crippen LogP contribution in [0.25, 0.3) is 10.8 Å². The average molecular weight is 338 g/mol. The fraction of sp³-hybridized carbons (Fsp3) is 0.0526. The number of hydrazone groups is 1. The molecule has 6 nitrogen and oxygen atoms in total. The third-order valence-corrected chi connectivity index (χ3v) is 3.49. The van der Waals surface area contributed by atoms with E-state index in [1.807, 2.05) is 24.3 Å². The summed E-state index contributed by atoms with van der Waals surface area (Å²) in [6.07, 6.45) is 1.31. The number of fused-ring (bicyclic) bond motifs is 1. The molecule has 4 N–H and O–H groups in total. The van der Waals surface area contributed by atoms with Crippen molar-refractivity contribution in [3.63, 3.8) is 0 Å². The van der Waals surface area contributed by atoms with Crippen molar-refractivity contribution in [2.45, 2.75) is 7.43 Å². The molecule has 0 aliphatic carbocycles. The number of carbonyl (C=O) groups is 1. The number of benzene rings is 3. The highest BCUT2D eigenvalue weighted by molar-refractivity contribution is 6.01. The number of nitrogens with one attached hydrogen (secondary N) is 1. The molecule has 0 atom stereocenters. The molecule has 0 aliphatic heterocycles. The lowest BCUT2D eigenvalue weighted by atomic mass is 10.1. The molecule has 0 aromatic heterocycles. The number of amides is 1. The average Bonchev–Trinajstić information content (AvgIpc) is 2.57. The Bertz CT molecular complexity index is 951. The van der Waals surface area contributed by atoms with E-state index in [0.717, 1.165) is 10.8 Å². The van der Waals surface area contributed by atoms with E-state index in [1.54, 1.807) is 6.07 Å². The Morgan fingerprint density at radius 2 is 1.56 bits per heavy atom. The first kappa shape index (κ1) is 17.8. The molecule has 25 heavy (non-hydrogen) atoms. The van der Waals surface area contributed by atoms with Gasteiger partial charge in [0.25, 0.3) is 5.91 Å². The zero-order valence-electron chi connectivity index (χ0n) is 12.5. The van der Waals surface area contributed by atoms with E-state index >= 15 is 0 Å². The Kier molecular flexibility index (Phi) is 5.24. The van der Waals surface area contributed by atoms with Crippen molar-refractivity contribution in [3.8, 4) is 17.2 Å². The normalized spacial score (nSPS) is 10.6. The topological polar surface area (TPSA) is 102 Å². The quantitative estimate of drug-likeness (QED) is 0.334. The molecule has 6 heteroatoms. The molecular weight excluding hydrogens is 320 g/mol. The van der Waals surface area contributed by atoms with Crippen molar-refractivity contribution < 1.29 is 20.1 Å². The summed E-state index contributed by atoms with van der Waals surface area (Å²) in [6.45, 7) is 0. The maximum Gasteiger partial charge on any atom is 0.275 e. The third-order valence-electron chi connectivity index (χ3n) is 3.49. The Morgan fingerprint density at radius 3 is 2.24 bits per heavy atom. The first-order valence-corrected chi connectivity index (χ1v) is 7.12. The van der Waals surface area contributed by atoms with Gasteiger partial charge < -0.3 is 15.3 Å². The Labute approximate surface area is 144 Å². The second kappa shape index (κ2) is 7.35. The molecule has 0 heterocycles. The number of hydrogen-bond donors (Lipinski definition) is 4. The van der Waals surface area contributed by atoms with Gasteiger partial charge in [0.1, 0.15) is 5.75 Å². The lowest BCUT2D eigenvalue weighted by Gasteiger charge is -2.05. The molecule has 0 radical (unpaired) electrons. The van der Waals surface area contributed by atoms with Crippen molar-refractivity contribution in [2.24, 2.45) is 5.10 Å². The van der Waals surface area contributed by atoms with Crippen LogP contribution in [0.4, 0.5) is 0 Å². The molecule has 0 unspecified atom stereocenters. The minimum Gasteiger partial charge on any atom is -0.507 e. The Hall–Kier alpha value is -3.54. The van der Waals surface area contributed by atoms with Gasteiger partial charge in [-0.25, -0.2) is 5.43 Å². The molecule has 0 saturated carbocycles. The number of hydrogen-bond acceptors (Lipinski definition) is 5. The standard InChI is InChI=1S/C18H14N2O4.CH4/c21-15-6-5-11(7-17(15)23)10-19-20-18(24)14-8-12-3-1-2-4-13(12)9-16(14)22;/h1-10,21-23H,(H,20,24);1H4/b19-10+;. The van der Waals surface area contributed by atoms with Crippen LogP contribution < -0.4 is 5.43 Å². The Morgan fingerprint density at radius 1 is 0.880 bits per heavy atom. The number of aromatic hydroxyl groups is 3. The van der Waals surface area contributed by atoms with Crippen LogP contribution in [0.5, 0.6) is 17.2 Å². The summed E-state index contributed by atoms with van der Waals surface area (Å²) in [5, 5.41) is 34.0. The van der Waals surface area contributed by atoms with Gasteiger partial charge in [-0.15, -0.1) is 0 Å². The highest BCUT2D eigenvalue weighted by Gasteiger charge is 2.11. The number of phenols is 3. The van der Waals surface area contributed by atoms with E-state index in [1.165, 1.54) is 30.5 Å². The number of rotatable bonds is 3. The van der Waals surface area contributed by atoms with E-state index in [-0.39, 0.29) is 30.2 Å². The SMILES string of the molecule is C.O=C(N/N=C/c1ccc(O)c(O)c1)c1cc2ccccc2cc1O. The van der Waals surface area contributed by atoms with Crippen LogP contribution in [0.2, 0.25) is 0 Å². The lowest BCUT2D eigenvalue weighted by molar-refractivity contribution is 0.0952. The van der Waals surface area contributed by atoms with Gasteiger partial charge in [-0.1, -0.05) is 31.7 Å². The molecule has 3 aromatic rings. The first-order valence-electron chi connectivity index (χ1n) is 7.12. The second-order valence-corrected chi connectivity index (χ2v) is 5.16. The van der Waals surface area contributed by atoms with E-state index < -0.39 is 5.91 Å². The molecule has 3 aromatic carbocycles. The molecule has 128 valence electrons. The molecule has 0 bridgehead atoms. The summed E-state index contributed by atoms with van der Waals surface area (Å²) < 4.78 is 0. The lowest BCUT2D eigenvalue weighted by Crippen LogP contribution is -2.17. The molecule has 3 rings (SSSR count). The van der Waals surface area contributed by atoms with Crippen LogP contribution in [-0.2, 0) is 0 Å². The van der Waals surface area contributed by atoms with E-state index in [0.29, 0.717) is 5.56 Å². The van der Waals surface area contributed by atoms with Crippen LogP contribution in [0.3, 0.4) is 0 Å². The van der Waals surface area contributed by atoms with Gasteiger partial charge in [0.15, 0.2) is 11.5 Å². The predicted molar refractivity (Wildman–Crippen MR) is 97.2 cm³/mol. The van der Waals surface area contributed by atoms with Crippen molar-refractivity contribution in [1.29, 1.82) is 0 Å². The van der Waals surface area contributed by atoms with Gasteiger partial charge in [-0.3, -0.25) is 4.79 Å². The van der Waals surface area contributed by atoms with Gasteiger partial charge in [0.05, 0.1) is 11.8 Å². The molecular formula is C19H18N2O4. The van der Waals surface area contributed by atoms with Gasteiger partial charge >= 0.3 is 0 Å². The highest BCUT2D eigenvalue weighted by Crippen LogP contribution is 2.25. The molecule has 0 saturated heterocycles. The maximum atomic E-state index is 12.1. The van der Waals surface area contributed by atoms with Crippen LogP contribution in [0.15, 0.2) is 59.7 Å². The molecule has 1 amide bonds. The second-order valence-electron chi connectivity index (χ2n) is 5.16. The highest BCUT2D eigenvalue weighted by atomic mass is 16.3. The number of carbonyl (C=O) groups excluding carboxylic acids is 1. The fourth-order valence-corrected chi connectivity index (χ4v) is 2.26. The van der Waals surface area contributed by atoms with Crippen LogP contribution >= 0.6 is 0 Å². The fourth-order valence-electron chi connectivity index (χ4n) is 2.26. The summed E-state index contributed by atoms with van der Waals surface area (Å²) in [4.78, 5) is 12.1. The minimum absolute atomic E-state index is 0. The van der Waals surface area contributed by atoms with Gasteiger partial charge in [-0.2, -0.15) is 5.10 Å². The smallest absolute Gasteiger partial charge is 0.275 e. The van der Waals surface area contributed by atoms with Gasteiger partial charge in [0.2, 0.25) is 0 Å². The third kappa shape index (κ3) is 3.87. The van der Waals surface area contributed by atoms with Crippen molar-refractivity contribution >= 4 is 22.9 Å². The van der Waals surface area contributed by atoms with Crippen molar-refractivity contribution in [3.05, 3.63) is 65.7 Å². The summed E-state index contributed by atoms with van der Waals surface area (Å²) in [5.41, 5.74) is 2.92. The first-order chi connectivity index (χ1) is 11.5. The van der Waals surface area contributed by atoms with Crippen LogP contribution in [0.1, 0.15) is 23.3 Å². The van der Waals surface area contributed by atoms with Crippen molar-refractivity contribution in [1.82, 2.24) is 5.43 Å². The Balaban J connectivity index is 0.00000225. The summed E-state index contributed by atoms with van der Waals surface area (Å²) in [6, 6.07) is 14.6. The van der Waals surface area contributed by atoms with Crippen molar-refractivity contribution in [2.75, 3.05) is 0 Å². The monoisotopic (exact) mass is 338 g/mol. The van der Waals surface area contributed by atoms with Crippen LogP contribution in [0, 0.1) is 0 Å². The van der Waals surface area contributed by atoms with E-state index in [2.05, 4.69) is 10.5 Å². The predicted octanol–water partition coefficient (Wildman–Crippen LogP) is 3.36. The van der Waals surface area contributed by atoms with E-state index in [4.69, 9.17) is 0 Å². The summed E-state index contributed by atoms with van der Waals surface area (Å²) in [7, 11) is 0. The number of nitrogens with zero attached hydrogens (tertiary/aromatic N) is 1. The van der Waals surface area contributed by atoms with Crippen LogP contribution in [-0.4, -0.2) is 27.4 Å². The zero-order valence-corrected chi connectivity index (χ0v) is 12.5.